The molecule has 0 aliphatic heterocycles. The van der Waals surface area contributed by atoms with Crippen molar-refractivity contribution in [2.75, 3.05) is 7.11 Å². The number of nitrogens with one attached hydrogen (secondary N) is 1. The van der Waals surface area contributed by atoms with E-state index in [0.29, 0.717) is 0 Å². The van der Waals surface area contributed by atoms with Crippen molar-refractivity contribution in [2.24, 2.45) is 0 Å². The Bertz CT molecular complexity index is 757. The van der Waals surface area contributed by atoms with Crippen LogP contribution in [0.15, 0.2) is 23.1 Å². The van der Waals surface area contributed by atoms with Crippen LogP contribution in [0, 0.1) is 19.7 Å². The lowest BCUT2D eigenvalue weighted by Gasteiger charge is -2.08. The number of ether oxygens (including phenoxy) is 1. The molecule has 0 saturated carbocycles. The quantitative estimate of drug-likeness (QED) is 0.914. The fraction of sp³-hybridized carbons (Fsp3) is 0.308. The lowest BCUT2D eigenvalue weighted by atomic mass is 10.3. The number of nitrogens with zero attached hydrogens (tertiary/aromatic N) is 1. The number of benzene rings is 1. The van der Waals surface area contributed by atoms with Gasteiger partial charge in [-0.2, -0.15) is 0 Å². The lowest BCUT2D eigenvalue weighted by molar-refractivity contribution is 0.385. The Kier molecular flexibility index (Phi) is 4.60. The summed E-state index contributed by atoms with van der Waals surface area (Å²) in [6.45, 7) is 3.81. The number of aryl methyl sites for hydroxylation is 2. The number of hydrogen-bond donors (Lipinski definition) is 1. The fourth-order valence-corrected chi connectivity index (χ4v) is 3.77. The summed E-state index contributed by atoms with van der Waals surface area (Å²) in [6.07, 6.45) is 0. The zero-order valence-electron chi connectivity index (χ0n) is 11.8. The third-order valence-corrected chi connectivity index (χ3v) is 5.33. The summed E-state index contributed by atoms with van der Waals surface area (Å²) < 4.78 is 45.1. The Morgan fingerprint density at radius 2 is 2.10 bits per heavy atom. The second kappa shape index (κ2) is 6.08. The maximum atomic E-state index is 13.6. The maximum absolute atomic E-state index is 13.6. The molecular formula is C13H15FN2O3S2. The van der Waals surface area contributed by atoms with E-state index < -0.39 is 15.8 Å². The number of thiazole rings is 1. The summed E-state index contributed by atoms with van der Waals surface area (Å²) in [5.74, 6) is -0.715. The van der Waals surface area contributed by atoms with E-state index in [9.17, 15) is 12.8 Å². The van der Waals surface area contributed by atoms with Crippen LogP contribution in [0.5, 0.6) is 5.75 Å². The predicted octanol–water partition coefficient (Wildman–Crippen LogP) is 2.39. The highest BCUT2D eigenvalue weighted by molar-refractivity contribution is 7.89. The van der Waals surface area contributed by atoms with Gasteiger partial charge in [0.15, 0.2) is 11.6 Å². The van der Waals surface area contributed by atoms with E-state index in [0.717, 1.165) is 21.6 Å². The molecule has 114 valence electrons. The number of halogens is 1. The average Bonchev–Trinajstić information content (AvgIpc) is 2.74. The molecule has 1 heterocycles. The predicted molar refractivity (Wildman–Crippen MR) is 78.6 cm³/mol. The topological polar surface area (TPSA) is 68.3 Å². The van der Waals surface area contributed by atoms with E-state index in [4.69, 9.17) is 4.74 Å². The van der Waals surface area contributed by atoms with Gasteiger partial charge in [-0.25, -0.2) is 22.5 Å². The largest absolute Gasteiger partial charge is 0.494 e. The van der Waals surface area contributed by atoms with Crippen LogP contribution >= 0.6 is 11.3 Å². The molecule has 0 bridgehead atoms. The number of methoxy groups -OCH3 is 1. The molecule has 8 heteroatoms. The smallest absolute Gasteiger partial charge is 0.241 e. The van der Waals surface area contributed by atoms with Crippen LogP contribution in [0.3, 0.4) is 0 Å². The summed E-state index contributed by atoms with van der Waals surface area (Å²) in [5.41, 5.74) is 0.793. The van der Waals surface area contributed by atoms with Crippen molar-refractivity contribution in [2.45, 2.75) is 25.3 Å². The Morgan fingerprint density at radius 3 is 2.62 bits per heavy atom. The van der Waals surface area contributed by atoms with Crippen LogP contribution in [0.2, 0.25) is 0 Å². The van der Waals surface area contributed by atoms with Gasteiger partial charge in [-0.05, 0) is 32.0 Å². The molecule has 0 spiro atoms. The highest BCUT2D eigenvalue weighted by Crippen LogP contribution is 2.21. The van der Waals surface area contributed by atoms with E-state index in [2.05, 4.69) is 9.71 Å². The molecule has 2 aromatic rings. The van der Waals surface area contributed by atoms with Crippen LogP contribution in [-0.4, -0.2) is 20.5 Å². The zero-order valence-corrected chi connectivity index (χ0v) is 13.4. The molecule has 0 radical (unpaired) electrons. The molecule has 0 saturated heterocycles. The van der Waals surface area contributed by atoms with Gasteiger partial charge in [0.2, 0.25) is 10.0 Å². The average molecular weight is 330 g/mol. The van der Waals surface area contributed by atoms with Crippen molar-refractivity contribution in [3.8, 4) is 5.75 Å². The first-order valence-corrected chi connectivity index (χ1v) is 8.39. The standard InChI is InChI=1S/C13H15FN2O3S2/c1-8-13(20-9(2)16-8)7-15-21(17,18)10-4-5-12(19-3)11(14)6-10/h4-6,15H,7H2,1-3H3. The molecule has 0 atom stereocenters. The van der Waals surface area contributed by atoms with Crippen molar-refractivity contribution >= 4 is 21.4 Å². The van der Waals surface area contributed by atoms with E-state index in [-0.39, 0.29) is 17.2 Å². The van der Waals surface area contributed by atoms with Crippen molar-refractivity contribution in [3.63, 3.8) is 0 Å². The SMILES string of the molecule is COc1ccc(S(=O)(=O)NCc2sc(C)nc2C)cc1F. The normalized spacial score (nSPS) is 11.6. The molecule has 0 aliphatic carbocycles. The zero-order chi connectivity index (χ0) is 15.6. The number of sulfonamides is 1. The van der Waals surface area contributed by atoms with Gasteiger partial charge >= 0.3 is 0 Å². The molecule has 0 aliphatic rings. The van der Waals surface area contributed by atoms with Crippen LogP contribution < -0.4 is 9.46 Å². The molecule has 0 fully saturated rings. The van der Waals surface area contributed by atoms with Crippen LogP contribution in [-0.2, 0) is 16.6 Å². The van der Waals surface area contributed by atoms with Gasteiger partial charge < -0.3 is 4.74 Å². The Labute approximate surface area is 126 Å². The van der Waals surface area contributed by atoms with E-state index in [1.54, 1.807) is 0 Å². The second-order valence-corrected chi connectivity index (χ2v) is 7.42. The van der Waals surface area contributed by atoms with E-state index in [1.807, 2.05) is 13.8 Å². The first kappa shape index (κ1) is 15.9. The Morgan fingerprint density at radius 1 is 1.38 bits per heavy atom. The minimum absolute atomic E-state index is 0.00266. The molecule has 0 amide bonds. The number of hydrogen-bond acceptors (Lipinski definition) is 5. The van der Waals surface area contributed by atoms with Crippen molar-refractivity contribution in [3.05, 3.63) is 39.6 Å². The number of aromatic nitrogens is 1. The minimum atomic E-state index is -3.78. The Balaban J connectivity index is 2.18. The van der Waals surface area contributed by atoms with Crippen molar-refractivity contribution < 1.29 is 17.5 Å². The molecular weight excluding hydrogens is 315 g/mol. The van der Waals surface area contributed by atoms with Gasteiger partial charge in [0.25, 0.3) is 0 Å². The molecule has 1 aromatic carbocycles. The molecule has 21 heavy (non-hydrogen) atoms. The van der Waals surface area contributed by atoms with Gasteiger partial charge in [0.05, 0.1) is 22.7 Å². The Hall–Kier alpha value is -1.51. The van der Waals surface area contributed by atoms with Gasteiger partial charge in [-0.3, -0.25) is 0 Å². The van der Waals surface area contributed by atoms with Crippen LogP contribution in [0.4, 0.5) is 4.39 Å². The molecule has 0 unspecified atom stereocenters. The van der Waals surface area contributed by atoms with Crippen LogP contribution in [0.25, 0.3) is 0 Å². The van der Waals surface area contributed by atoms with Crippen LogP contribution in [0.1, 0.15) is 15.6 Å². The summed E-state index contributed by atoms with van der Waals surface area (Å²) in [5, 5.41) is 0.872. The number of rotatable bonds is 5. The fourth-order valence-electron chi connectivity index (χ4n) is 1.80. The molecule has 5 nitrogen and oxygen atoms in total. The van der Waals surface area contributed by atoms with Gasteiger partial charge in [-0.1, -0.05) is 0 Å². The first-order chi connectivity index (χ1) is 9.83. The van der Waals surface area contributed by atoms with Crippen molar-refractivity contribution in [1.29, 1.82) is 0 Å². The summed E-state index contributed by atoms with van der Waals surface area (Å²) in [6, 6.07) is 3.52. The molecule has 2 rings (SSSR count). The summed E-state index contributed by atoms with van der Waals surface area (Å²) >= 11 is 1.43. The van der Waals surface area contributed by atoms with Gasteiger partial charge in [-0.15, -0.1) is 11.3 Å². The second-order valence-electron chi connectivity index (χ2n) is 4.36. The lowest BCUT2D eigenvalue weighted by Crippen LogP contribution is -2.23. The van der Waals surface area contributed by atoms with Crippen molar-refractivity contribution in [1.82, 2.24) is 9.71 Å². The summed E-state index contributed by atoms with van der Waals surface area (Å²) in [4.78, 5) is 4.93. The van der Waals surface area contributed by atoms with Gasteiger partial charge in [0.1, 0.15) is 0 Å². The molecule has 1 aromatic heterocycles. The van der Waals surface area contributed by atoms with E-state index >= 15 is 0 Å². The monoisotopic (exact) mass is 330 g/mol. The summed E-state index contributed by atoms with van der Waals surface area (Å²) in [7, 11) is -2.46. The molecule has 1 N–H and O–H groups in total. The first-order valence-electron chi connectivity index (χ1n) is 6.09. The van der Waals surface area contributed by atoms with Gasteiger partial charge in [0, 0.05) is 11.4 Å². The highest BCUT2D eigenvalue weighted by Gasteiger charge is 2.17. The third-order valence-electron chi connectivity index (χ3n) is 2.86. The third kappa shape index (κ3) is 3.58. The maximum Gasteiger partial charge on any atom is 0.241 e. The van der Waals surface area contributed by atoms with E-state index in [1.165, 1.54) is 30.6 Å². The minimum Gasteiger partial charge on any atom is -0.494 e. The highest BCUT2D eigenvalue weighted by atomic mass is 32.2.